The van der Waals surface area contributed by atoms with E-state index >= 15 is 0 Å². The molecular formula is C18H24N2. The number of aryl methyl sites for hydroxylation is 1. The van der Waals surface area contributed by atoms with Gasteiger partial charge in [-0.2, -0.15) is 0 Å². The lowest BCUT2D eigenvalue weighted by Crippen LogP contribution is -2.23. The van der Waals surface area contributed by atoms with E-state index in [0.29, 0.717) is 6.54 Å². The molecule has 2 N–H and O–H groups in total. The van der Waals surface area contributed by atoms with Crippen LogP contribution in [0.1, 0.15) is 30.0 Å². The SMILES string of the molecule is CCCN(Cc1ccc(C)cc1)c1ccc(CN)cc1. The van der Waals surface area contributed by atoms with Crippen LogP contribution < -0.4 is 10.6 Å². The first-order chi connectivity index (χ1) is 9.72. The third-order valence-corrected chi connectivity index (χ3v) is 3.52. The van der Waals surface area contributed by atoms with Gasteiger partial charge in [-0.05, 0) is 36.6 Å². The molecule has 2 nitrogen and oxygen atoms in total. The molecule has 0 aromatic heterocycles. The maximum atomic E-state index is 5.66. The van der Waals surface area contributed by atoms with E-state index < -0.39 is 0 Å². The Morgan fingerprint density at radius 3 is 2.05 bits per heavy atom. The highest BCUT2D eigenvalue weighted by atomic mass is 15.1. The molecule has 0 saturated carbocycles. The van der Waals surface area contributed by atoms with Crippen LogP contribution in [0.25, 0.3) is 0 Å². The molecule has 0 fully saturated rings. The summed E-state index contributed by atoms with van der Waals surface area (Å²) in [6.45, 7) is 6.97. The van der Waals surface area contributed by atoms with Crippen LogP contribution in [-0.2, 0) is 13.1 Å². The van der Waals surface area contributed by atoms with Crippen LogP contribution in [0.5, 0.6) is 0 Å². The molecule has 2 aromatic carbocycles. The molecule has 106 valence electrons. The van der Waals surface area contributed by atoms with Crippen molar-refractivity contribution in [1.82, 2.24) is 0 Å². The predicted octanol–water partition coefficient (Wildman–Crippen LogP) is 3.87. The predicted molar refractivity (Wildman–Crippen MR) is 86.9 cm³/mol. The van der Waals surface area contributed by atoms with E-state index in [1.165, 1.54) is 22.4 Å². The second-order valence-corrected chi connectivity index (χ2v) is 5.28. The lowest BCUT2D eigenvalue weighted by Gasteiger charge is -2.25. The third kappa shape index (κ3) is 3.84. The zero-order valence-corrected chi connectivity index (χ0v) is 12.5. The van der Waals surface area contributed by atoms with Crippen LogP contribution in [-0.4, -0.2) is 6.54 Å². The molecule has 0 unspecified atom stereocenters. The monoisotopic (exact) mass is 268 g/mol. The van der Waals surface area contributed by atoms with E-state index in [1.54, 1.807) is 0 Å². The molecule has 0 aliphatic carbocycles. The Bertz CT molecular complexity index is 514. The minimum Gasteiger partial charge on any atom is -0.367 e. The van der Waals surface area contributed by atoms with Crippen LogP contribution in [0.2, 0.25) is 0 Å². The Balaban J connectivity index is 2.14. The average Bonchev–Trinajstić information content (AvgIpc) is 2.49. The Hall–Kier alpha value is -1.80. The molecule has 2 heteroatoms. The van der Waals surface area contributed by atoms with Gasteiger partial charge in [0.25, 0.3) is 0 Å². The quantitative estimate of drug-likeness (QED) is 0.861. The van der Waals surface area contributed by atoms with Crippen LogP contribution >= 0.6 is 0 Å². The zero-order valence-electron chi connectivity index (χ0n) is 12.5. The van der Waals surface area contributed by atoms with Crippen molar-refractivity contribution in [3.63, 3.8) is 0 Å². The smallest absolute Gasteiger partial charge is 0.0429 e. The fraction of sp³-hybridized carbons (Fsp3) is 0.333. The van der Waals surface area contributed by atoms with Crippen LogP contribution in [0.3, 0.4) is 0 Å². The maximum Gasteiger partial charge on any atom is 0.0429 e. The Kier molecular flexibility index (Phi) is 5.19. The highest BCUT2D eigenvalue weighted by molar-refractivity contribution is 5.48. The van der Waals surface area contributed by atoms with Gasteiger partial charge in [0.1, 0.15) is 0 Å². The van der Waals surface area contributed by atoms with E-state index in [0.717, 1.165) is 19.5 Å². The number of rotatable bonds is 6. The van der Waals surface area contributed by atoms with Gasteiger partial charge in [0.15, 0.2) is 0 Å². The highest BCUT2D eigenvalue weighted by Gasteiger charge is 2.06. The summed E-state index contributed by atoms with van der Waals surface area (Å²) in [6, 6.07) is 17.4. The van der Waals surface area contributed by atoms with Gasteiger partial charge in [-0.15, -0.1) is 0 Å². The molecule has 0 aliphatic heterocycles. The van der Waals surface area contributed by atoms with Gasteiger partial charge in [-0.3, -0.25) is 0 Å². The molecule has 2 rings (SSSR count). The molecule has 0 atom stereocenters. The van der Waals surface area contributed by atoms with Crippen molar-refractivity contribution in [2.45, 2.75) is 33.4 Å². The van der Waals surface area contributed by atoms with Gasteiger partial charge in [0.2, 0.25) is 0 Å². The zero-order chi connectivity index (χ0) is 14.4. The molecular weight excluding hydrogens is 244 g/mol. The number of hydrogen-bond donors (Lipinski definition) is 1. The normalized spacial score (nSPS) is 10.6. The van der Waals surface area contributed by atoms with E-state index in [-0.39, 0.29) is 0 Å². The van der Waals surface area contributed by atoms with Gasteiger partial charge in [-0.25, -0.2) is 0 Å². The van der Waals surface area contributed by atoms with Crippen molar-refractivity contribution < 1.29 is 0 Å². The first-order valence-corrected chi connectivity index (χ1v) is 7.32. The number of hydrogen-bond acceptors (Lipinski definition) is 2. The fourth-order valence-electron chi connectivity index (χ4n) is 2.33. The molecule has 0 amide bonds. The molecule has 0 heterocycles. The van der Waals surface area contributed by atoms with Crippen LogP contribution in [0.4, 0.5) is 5.69 Å². The summed E-state index contributed by atoms with van der Waals surface area (Å²) in [4.78, 5) is 2.42. The lowest BCUT2D eigenvalue weighted by atomic mass is 10.1. The summed E-state index contributed by atoms with van der Waals surface area (Å²) in [5, 5.41) is 0. The highest BCUT2D eigenvalue weighted by Crippen LogP contribution is 2.19. The maximum absolute atomic E-state index is 5.66. The van der Waals surface area contributed by atoms with E-state index in [9.17, 15) is 0 Å². The van der Waals surface area contributed by atoms with Gasteiger partial charge < -0.3 is 10.6 Å². The first kappa shape index (κ1) is 14.6. The molecule has 0 bridgehead atoms. The molecule has 2 aromatic rings. The number of benzene rings is 2. The van der Waals surface area contributed by atoms with Crippen molar-refractivity contribution >= 4 is 5.69 Å². The average molecular weight is 268 g/mol. The Labute approximate surface area is 122 Å². The molecule has 20 heavy (non-hydrogen) atoms. The topological polar surface area (TPSA) is 29.3 Å². The van der Waals surface area contributed by atoms with E-state index in [1.807, 2.05) is 0 Å². The summed E-state index contributed by atoms with van der Waals surface area (Å²) in [5.74, 6) is 0. The van der Waals surface area contributed by atoms with Crippen molar-refractivity contribution in [3.8, 4) is 0 Å². The number of anilines is 1. The second-order valence-electron chi connectivity index (χ2n) is 5.28. The molecule has 0 aliphatic rings. The molecule has 0 radical (unpaired) electrons. The van der Waals surface area contributed by atoms with Gasteiger partial charge in [0, 0.05) is 25.3 Å². The second kappa shape index (κ2) is 7.11. The summed E-state index contributed by atoms with van der Waals surface area (Å²) in [7, 11) is 0. The molecule has 0 saturated heterocycles. The number of nitrogens with two attached hydrogens (primary N) is 1. The van der Waals surface area contributed by atoms with Crippen LogP contribution in [0.15, 0.2) is 48.5 Å². The van der Waals surface area contributed by atoms with Crippen molar-refractivity contribution in [2.75, 3.05) is 11.4 Å². The largest absolute Gasteiger partial charge is 0.367 e. The summed E-state index contributed by atoms with van der Waals surface area (Å²) in [5.41, 5.74) is 10.8. The van der Waals surface area contributed by atoms with Gasteiger partial charge in [-0.1, -0.05) is 48.9 Å². The lowest BCUT2D eigenvalue weighted by molar-refractivity contribution is 0.767. The standard InChI is InChI=1S/C18H24N2/c1-3-12-20(14-17-6-4-15(2)5-7-17)18-10-8-16(13-19)9-11-18/h4-11H,3,12-14,19H2,1-2H3. The molecule has 0 spiro atoms. The summed E-state index contributed by atoms with van der Waals surface area (Å²) < 4.78 is 0. The van der Waals surface area contributed by atoms with Crippen molar-refractivity contribution in [3.05, 3.63) is 65.2 Å². The van der Waals surface area contributed by atoms with E-state index in [4.69, 9.17) is 5.73 Å². The minimum atomic E-state index is 0.603. The summed E-state index contributed by atoms with van der Waals surface area (Å²) in [6.07, 6.45) is 1.14. The number of nitrogens with zero attached hydrogens (tertiary/aromatic N) is 1. The first-order valence-electron chi connectivity index (χ1n) is 7.32. The van der Waals surface area contributed by atoms with Gasteiger partial charge >= 0.3 is 0 Å². The van der Waals surface area contributed by atoms with Crippen molar-refractivity contribution in [2.24, 2.45) is 5.73 Å². The third-order valence-electron chi connectivity index (χ3n) is 3.52. The van der Waals surface area contributed by atoms with Gasteiger partial charge in [0.05, 0.1) is 0 Å². The van der Waals surface area contributed by atoms with Crippen molar-refractivity contribution in [1.29, 1.82) is 0 Å². The minimum absolute atomic E-state index is 0.603. The van der Waals surface area contributed by atoms with Crippen LogP contribution in [0, 0.1) is 6.92 Å². The Morgan fingerprint density at radius 2 is 1.50 bits per heavy atom. The Morgan fingerprint density at radius 1 is 0.900 bits per heavy atom. The fourth-order valence-corrected chi connectivity index (χ4v) is 2.33. The van der Waals surface area contributed by atoms with E-state index in [2.05, 4.69) is 67.3 Å². The summed E-state index contributed by atoms with van der Waals surface area (Å²) >= 11 is 0.